The second-order valence-electron chi connectivity index (χ2n) is 14.5. The molecule has 2 heteroatoms. The molecule has 1 aliphatic carbocycles. The predicted molar refractivity (Wildman–Crippen MR) is 233 cm³/mol. The van der Waals surface area contributed by atoms with Crippen LogP contribution in [0, 0.1) is 0 Å². The van der Waals surface area contributed by atoms with Crippen LogP contribution in [0.1, 0.15) is 12.0 Å². The Labute approximate surface area is 319 Å². The Balaban J connectivity index is 0.998. The molecule has 11 rings (SSSR count). The van der Waals surface area contributed by atoms with Crippen molar-refractivity contribution in [2.24, 2.45) is 0 Å². The van der Waals surface area contributed by atoms with E-state index in [4.69, 9.17) is 0 Å². The van der Waals surface area contributed by atoms with Gasteiger partial charge in [-0.1, -0.05) is 158 Å². The monoisotopic (exact) mass is 700 g/mol. The van der Waals surface area contributed by atoms with E-state index >= 15 is 0 Å². The van der Waals surface area contributed by atoms with Crippen LogP contribution in [0.15, 0.2) is 194 Å². The molecule has 258 valence electrons. The summed E-state index contributed by atoms with van der Waals surface area (Å²) < 4.78 is 4.86. The van der Waals surface area contributed by atoms with E-state index in [-0.39, 0.29) is 0 Å². The van der Waals surface area contributed by atoms with E-state index in [9.17, 15) is 0 Å². The fourth-order valence-electron chi connectivity index (χ4n) is 8.74. The molecule has 0 N–H and O–H groups in total. The first-order valence-electron chi connectivity index (χ1n) is 19.1. The molecule has 2 aromatic heterocycles. The maximum atomic E-state index is 2.44. The van der Waals surface area contributed by atoms with Gasteiger partial charge in [-0.05, 0) is 93.7 Å². The third-order valence-corrected chi connectivity index (χ3v) is 11.4. The number of aromatic nitrogens is 2. The highest BCUT2D eigenvalue weighted by Crippen LogP contribution is 2.37. The molecule has 8 aromatic carbocycles. The molecule has 0 saturated carbocycles. The molecule has 0 saturated heterocycles. The zero-order valence-corrected chi connectivity index (χ0v) is 30.2. The molecule has 2 heterocycles. The van der Waals surface area contributed by atoms with Crippen LogP contribution in [0.25, 0.3) is 94.8 Å². The lowest BCUT2D eigenvalue weighted by atomic mass is 10.00. The van der Waals surface area contributed by atoms with Gasteiger partial charge in [0.05, 0.1) is 27.6 Å². The van der Waals surface area contributed by atoms with Crippen LogP contribution in [0.5, 0.6) is 0 Å². The molecule has 0 unspecified atom stereocenters. The number of nitrogens with zero attached hydrogens (tertiary/aromatic N) is 2. The number of fused-ring (bicyclic) bond motifs is 7. The van der Waals surface area contributed by atoms with Crippen molar-refractivity contribution in [2.75, 3.05) is 0 Å². The number of allylic oxidation sites excluding steroid dienone is 2. The first kappa shape index (κ1) is 31.4. The minimum absolute atomic E-state index is 0.850. The van der Waals surface area contributed by atoms with Crippen molar-refractivity contribution in [3.05, 3.63) is 210 Å². The summed E-state index contributed by atoms with van der Waals surface area (Å²) in [6, 6.07) is 68.4. The van der Waals surface area contributed by atoms with Gasteiger partial charge in [-0.2, -0.15) is 0 Å². The van der Waals surface area contributed by atoms with E-state index in [1.807, 2.05) is 0 Å². The Kier molecular flexibility index (Phi) is 7.28. The molecule has 0 atom stereocenters. The quantitative estimate of drug-likeness (QED) is 0.169. The van der Waals surface area contributed by atoms with Gasteiger partial charge < -0.3 is 9.13 Å². The van der Waals surface area contributed by atoms with Gasteiger partial charge in [0, 0.05) is 32.5 Å². The molecular weight excluding hydrogens is 665 g/mol. The average molecular weight is 701 g/mol. The summed E-state index contributed by atoms with van der Waals surface area (Å²) in [5, 5.41) is 8.82. The van der Waals surface area contributed by atoms with E-state index < -0.39 is 0 Å². The van der Waals surface area contributed by atoms with Crippen LogP contribution < -0.4 is 10.6 Å². The number of hydrogen-bond donors (Lipinski definition) is 0. The van der Waals surface area contributed by atoms with Gasteiger partial charge in [0.1, 0.15) is 0 Å². The van der Waals surface area contributed by atoms with Crippen LogP contribution in [-0.4, -0.2) is 9.13 Å². The first-order valence-corrected chi connectivity index (χ1v) is 19.1. The smallest absolute Gasteiger partial charge is 0.0541 e. The second-order valence-corrected chi connectivity index (χ2v) is 14.5. The SMILES string of the molecule is C1=C(c2ccc3c(c2)c2ccccc2n3-c2cccc3ccccc23)CC=c2c(n(-c3ccc(-c4ccc(-c5ccccc5)cc4)cc3)c3ccccc23)=C1. The van der Waals surface area contributed by atoms with Crippen LogP contribution in [0.2, 0.25) is 0 Å². The fraction of sp³-hybridized carbons (Fsp3) is 0.0189. The van der Waals surface area contributed by atoms with Gasteiger partial charge in [-0.3, -0.25) is 0 Å². The number of benzene rings is 8. The Morgan fingerprint density at radius 2 is 0.927 bits per heavy atom. The molecular formula is C53H36N2. The van der Waals surface area contributed by atoms with Crippen molar-refractivity contribution >= 4 is 61.2 Å². The zero-order valence-electron chi connectivity index (χ0n) is 30.2. The Morgan fingerprint density at radius 3 is 1.69 bits per heavy atom. The van der Waals surface area contributed by atoms with Gasteiger partial charge >= 0.3 is 0 Å². The van der Waals surface area contributed by atoms with E-state index in [2.05, 4.69) is 215 Å². The fourth-order valence-corrected chi connectivity index (χ4v) is 8.74. The van der Waals surface area contributed by atoms with E-state index in [1.165, 1.54) is 93.1 Å². The van der Waals surface area contributed by atoms with Gasteiger partial charge in [0.25, 0.3) is 0 Å². The van der Waals surface area contributed by atoms with Crippen LogP contribution in [0.4, 0.5) is 0 Å². The molecule has 55 heavy (non-hydrogen) atoms. The van der Waals surface area contributed by atoms with E-state index in [1.54, 1.807) is 0 Å². The maximum absolute atomic E-state index is 2.44. The first-order chi connectivity index (χ1) is 27.3. The van der Waals surface area contributed by atoms with Gasteiger partial charge in [0.15, 0.2) is 0 Å². The molecule has 0 aliphatic heterocycles. The predicted octanol–water partition coefficient (Wildman–Crippen LogP) is 12.3. The van der Waals surface area contributed by atoms with Crippen molar-refractivity contribution in [1.82, 2.24) is 9.13 Å². The minimum Gasteiger partial charge on any atom is -0.309 e. The van der Waals surface area contributed by atoms with Crippen molar-refractivity contribution in [3.8, 4) is 33.6 Å². The Morgan fingerprint density at radius 1 is 0.364 bits per heavy atom. The van der Waals surface area contributed by atoms with Crippen LogP contribution in [0.3, 0.4) is 0 Å². The molecule has 0 radical (unpaired) electrons. The number of hydrogen-bond acceptors (Lipinski definition) is 0. The summed E-state index contributed by atoms with van der Waals surface area (Å²) in [5.74, 6) is 0. The largest absolute Gasteiger partial charge is 0.309 e. The Hall–Kier alpha value is -7.16. The molecule has 0 amide bonds. The van der Waals surface area contributed by atoms with E-state index in [0.29, 0.717) is 0 Å². The summed E-state index contributed by atoms with van der Waals surface area (Å²) in [5.41, 5.74) is 13.5. The standard InChI is InChI=1S/C53H36N2/c1-2-11-36(12-3-1)37-21-23-38(24-22-37)39-25-30-43(31-26-39)54-50-18-8-6-16-45(50)47-32-27-40(28-33-52(47)54)42-29-34-53-48(35-42)46-17-7-9-19-51(46)55(53)49-20-10-14-41-13-4-5-15-44(41)49/h1-26,28-35H,27H2. The lowest BCUT2D eigenvalue weighted by Crippen LogP contribution is -2.27. The second kappa shape index (κ2) is 12.8. The summed E-state index contributed by atoms with van der Waals surface area (Å²) in [6.07, 6.45) is 7.94. The summed E-state index contributed by atoms with van der Waals surface area (Å²) >= 11 is 0. The maximum Gasteiger partial charge on any atom is 0.0541 e. The normalized spacial score (nSPS) is 12.7. The summed E-state index contributed by atoms with van der Waals surface area (Å²) in [4.78, 5) is 0. The topological polar surface area (TPSA) is 9.86 Å². The minimum atomic E-state index is 0.850. The van der Waals surface area contributed by atoms with Gasteiger partial charge in [0.2, 0.25) is 0 Å². The highest BCUT2D eigenvalue weighted by Gasteiger charge is 2.17. The van der Waals surface area contributed by atoms with Crippen molar-refractivity contribution in [1.29, 1.82) is 0 Å². The van der Waals surface area contributed by atoms with Crippen molar-refractivity contribution in [2.45, 2.75) is 6.42 Å². The lowest BCUT2D eigenvalue weighted by molar-refractivity contribution is 1.07. The summed E-state index contributed by atoms with van der Waals surface area (Å²) in [6.45, 7) is 0. The molecule has 0 bridgehead atoms. The molecule has 1 aliphatic rings. The van der Waals surface area contributed by atoms with E-state index in [0.717, 1.165) is 12.1 Å². The molecule has 2 nitrogen and oxygen atoms in total. The van der Waals surface area contributed by atoms with Gasteiger partial charge in [-0.15, -0.1) is 0 Å². The molecule has 10 aromatic rings. The van der Waals surface area contributed by atoms with Gasteiger partial charge in [-0.25, -0.2) is 0 Å². The molecule has 0 fully saturated rings. The highest BCUT2D eigenvalue weighted by atomic mass is 15.0. The zero-order chi connectivity index (χ0) is 36.3. The lowest BCUT2D eigenvalue weighted by Gasteiger charge is -2.12. The Bertz CT molecular complexity index is 3240. The van der Waals surface area contributed by atoms with Crippen LogP contribution >= 0.6 is 0 Å². The molecule has 0 spiro atoms. The number of para-hydroxylation sites is 2. The van der Waals surface area contributed by atoms with Crippen molar-refractivity contribution < 1.29 is 0 Å². The number of rotatable bonds is 5. The van der Waals surface area contributed by atoms with Crippen LogP contribution in [-0.2, 0) is 0 Å². The third kappa shape index (κ3) is 5.18. The average Bonchev–Trinajstić information content (AvgIpc) is 3.65. The highest BCUT2D eigenvalue weighted by molar-refractivity contribution is 6.11. The summed E-state index contributed by atoms with van der Waals surface area (Å²) in [7, 11) is 0. The van der Waals surface area contributed by atoms with Crippen molar-refractivity contribution in [3.63, 3.8) is 0 Å². The third-order valence-electron chi connectivity index (χ3n) is 11.4.